The molecule has 1 atom stereocenters. The van der Waals surface area contributed by atoms with Crippen LogP contribution in [0, 0.1) is 13.8 Å². The summed E-state index contributed by atoms with van der Waals surface area (Å²) < 4.78 is 0. The summed E-state index contributed by atoms with van der Waals surface area (Å²) in [6.07, 6.45) is 3.85. The van der Waals surface area contributed by atoms with Crippen molar-refractivity contribution >= 4 is 5.69 Å². The van der Waals surface area contributed by atoms with Gasteiger partial charge in [-0.15, -0.1) is 0 Å². The minimum atomic E-state index is 0.630. The normalized spacial score (nSPS) is 21.4. The smallest absolute Gasteiger partial charge is 0.0372 e. The number of aryl methyl sites for hydroxylation is 2. The summed E-state index contributed by atoms with van der Waals surface area (Å²) in [6, 6.07) is 8.01. The molecule has 1 aromatic rings. The summed E-state index contributed by atoms with van der Waals surface area (Å²) in [7, 11) is 0. The lowest BCUT2D eigenvalue weighted by atomic mass is 10.1. The molecule has 2 nitrogen and oxygen atoms in total. The second-order valence-electron chi connectivity index (χ2n) is 6.22. The maximum absolute atomic E-state index is 3.75. The van der Waals surface area contributed by atoms with E-state index in [-0.39, 0.29) is 0 Å². The lowest BCUT2D eigenvalue weighted by Crippen LogP contribution is -2.32. The van der Waals surface area contributed by atoms with Gasteiger partial charge in [-0.2, -0.15) is 0 Å². The Morgan fingerprint density at radius 3 is 2.63 bits per heavy atom. The van der Waals surface area contributed by atoms with Crippen molar-refractivity contribution in [3.63, 3.8) is 0 Å². The molecule has 19 heavy (non-hydrogen) atoms. The zero-order chi connectivity index (χ0) is 13.8. The van der Waals surface area contributed by atoms with E-state index in [2.05, 4.69) is 56.1 Å². The molecule has 2 rings (SSSR count). The Morgan fingerprint density at radius 1 is 1.16 bits per heavy atom. The Morgan fingerprint density at radius 2 is 1.95 bits per heavy atom. The highest BCUT2D eigenvalue weighted by atomic mass is 15.1. The van der Waals surface area contributed by atoms with E-state index in [0.29, 0.717) is 12.1 Å². The monoisotopic (exact) mass is 260 g/mol. The van der Waals surface area contributed by atoms with Crippen molar-refractivity contribution in [3.05, 3.63) is 29.3 Å². The van der Waals surface area contributed by atoms with Crippen LogP contribution in [0.2, 0.25) is 0 Å². The van der Waals surface area contributed by atoms with Crippen LogP contribution in [0.15, 0.2) is 18.2 Å². The van der Waals surface area contributed by atoms with E-state index in [0.717, 1.165) is 0 Å². The van der Waals surface area contributed by atoms with Crippen molar-refractivity contribution in [2.24, 2.45) is 0 Å². The summed E-state index contributed by atoms with van der Waals surface area (Å²) in [5, 5.41) is 3.75. The van der Waals surface area contributed by atoms with Crippen molar-refractivity contribution in [3.8, 4) is 0 Å². The first-order chi connectivity index (χ1) is 9.06. The number of rotatable bonds is 3. The third kappa shape index (κ3) is 3.97. The second kappa shape index (κ2) is 6.42. The van der Waals surface area contributed by atoms with Gasteiger partial charge in [-0.3, -0.25) is 0 Å². The van der Waals surface area contributed by atoms with Crippen molar-refractivity contribution < 1.29 is 0 Å². The Bertz CT molecular complexity index is 412. The van der Waals surface area contributed by atoms with E-state index < -0.39 is 0 Å². The van der Waals surface area contributed by atoms with E-state index in [1.54, 1.807) is 0 Å². The Balaban J connectivity index is 1.96. The van der Waals surface area contributed by atoms with Crippen LogP contribution in [0.5, 0.6) is 0 Å². The van der Waals surface area contributed by atoms with Crippen molar-refractivity contribution in [1.82, 2.24) is 4.90 Å². The predicted octanol–water partition coefficient (Wildman–Crippen LogP) is 3.98. The molecule has 1 fully saturated rings. The molecule has 1 saturated heterocycles. The molecule has 106 valence electrons. The van der Waals surface area contributed by atoms with Gasteiger partial charge in [0.2, 0.25) is 0 Å². The van der Waals surface area contributed by atoms with Crippen LogP contribution in [0.25, 0.3) is 0 Å². The number of hydrogen-bond acceptors (Lipinski definition) is 2. The summed E-state index contributed by atoms with van der Waals surface area (Å²) in [4.78, 5) is 2.60. The lowest BCUT2D eigenvalue weighted by Gasteiger charge is -2.24. The third-order valence-electron chi connectivity index (χ3n) is 4.23. The molecule has 0 radical (unpaired) electrons. The van der Waals surface area contributed by atoms with Gasteiger partial charge in [-0.05, 0) is 65.1 Å². The number of anilines is 1. The number of hydrogen-bond donors (Lipinski definition) is 1. The van der Waals surface area contributed by atoms with E-state index >= 15 is 0 Å². The minimum Gasteiger partial charge on any atom is -0.382 e. The first-order valence-corrected chi connectivity index (χ1v) is 7.64. The summed E-state index contributed by atoms with van der Waals surface area (Å²) in [5.74, 6) is 0. The Kier molecular flexibility index (Phi) is 4.87. The molecule has 0 spiro atoms. The second-order valence-corrected chi connectivity index (χ2v) is 6.22. The third-order valence-corrected chi connectivity index (χ3v) is 4.23. The molecular weight excluding hydrogens is 232 g/mol. The van der Waals surface area contributed by atoms with Gasteiger partial charge < -0.3 is 10.2 Å². The topological polar surface area (TPSA) is 15.3 Å². The standard InChI is InChI=1S/C17H28N2/c1-13(2)19-10-5-6-16(9-11-19)18-17-8-7-14(3)12-15(17)4/h7-8,12-13,16,18H,5-6,9-11H2,1-4H3. The van der Waals surface area contributed by atoms with Gasteiger partial charge in [-0.1, -0.05) is 17.7 Å². The van der Waals surface area contributed by atoms with Crippen LogP contribution in [0.1, 0.15) is 44.2 Å². The maximum atomic E-state index is 3.75. The lowest BCUT2D eigenvalue weighted by molar-refractivity contribution is 0.230. The van der Waals surface area contributed by atoms with E-state index in [9.17, 15) is 0 Å². The van der Waals surface area contributed by atoms with Gasteiger partial charge in [-0.25, -0.2) is 0 Å². The minimum absolute atomic E-state index is 0.630. The summed E-state index contributed by atoms with van der Waals surface area (Å²) in [6.45, 7) is 11.4. The fourth-order valence-corrected chi connectivity index (χ4v) is 2.97. The van der Waals surface area contributed by atoms with Gasteiger partial charge in [0.25, 0.3) is 0 Å². The largest absolute Gasteiger partial charge is 0.382 e. The molecule has 0 aliphatic carbocycles. The molecule has 1 heterocycles. The highest BCUT2D eigenvalue weighted by Crippen LogP contribution is 2.21. The molecular formula is C17H28N2. The van der Waals surface area contributed by atoms with Crippen molar-refractivity contribution in [1.29, 1.82) is 0 Å². The molecule has 0 amide bonds. The van der Waals surface area contributed by atoms with Crippen LogP contribution < -0.4 is 5.32 Å². The van der Waals surface area contributed by atoms with Crippen LogP contribution in [-0.2, 0) is 0 Å². The highest BCUT2D eigenvalue weighted by Gasteiger charge is 2.18. The first kappa shape index (κ1) is 14.4. The van der Waals surface area contributed by atoms with Gasteiger partial charge in [0.05, 0.1) is 0 Å². The summed E-state index contributed by atoms with van der Waals surface area (Å²) in [5.41, 5.74) is 4.02. The fraction of sp³-hybridized carbons (Fsp3) is 0.647. The molecule has 1 unspecified atom stereocenters. The van der Waals surface area contributed by atoms with Crippen LogP contribution in [-0.4, -0.2) is 30.1 Å². The van der Waals surface area contributed by atoms with E-state index in [4.69, 9.17) is 0 Å². The predicted molar refractivity (Wildman–Crippen MR) is 83.9 cm³/mol. The average Bonchev–Trinajstić information content (AvgIpc) is 2.58. The van der Waals surface area contributed by atoms with Gasteiger partial charge in [0, 0.05) is 24.3 Å². The molecule has 0 aromatic heterocycles. The summed E-state index contributed by atoms with van der Waals surface area (Å²) >= 11 is 0. The Hall–Kier alpha value is -1.02. The number of nitrogens with one attached hydrogen (secondary N) is 1. The molecule has 1 aliphatic rings. The number of likely N-dealkylation sites (tertiary alicyclic amines) is 1. The Labute approximate surface area is 118 Å². The van der Waals surface area contributed by atoms with Crippen molar-refractivity contribution in [2.45, 2.75) is 59.0 Å². The van der Waals surface area contributed by atoms with E-state index in [1.807, 2.05) is 0 Å². The zero-order valence-corrected chi connectivity index (χ0v) is 12.9. The molecule has 1 aromatic carbocycles. The number of nitrogens with zero attached hydrogens (tertiary/aromatic N) is 1. The van der Waals surface area contributed by atoms with Gasteiger partial charge in [0.15, 0.2) is 0 Å². The molecule has 1 aliphatic heterocycles. The van der Waals surface area contributed by atoms with Crippen LogP contribution >= 0.6 is 0 Å². The van der Waals surface area contributed by atoms with E-state index in [1.165, 1.54) is 49.2 Å². The molecule has 1 N–H and O–H groups in total. The molecule has 0 bridgehead atoms. The SMILES string of the molecule is Cc1ccc(NC2CCCN(C(C)C)CC2)c(C)c1. The van der Waals surface area contributed by atoms with Crippen LogP contribution in [0.3, 0.4) is 0 Å². The number of benzene rings is 1. The maximum Gasteiger partial charge on any atom is 0.0372 e. The average molecular weight is 260 g/mol. The highest BCUT2D eigenvalue weighted by molar-refractivity contribution is 5.52. The quantitative estimate of drug-likeness (QED) is 0.884. The molecule has 0 saturated carbocycles. The van der Waals surface area contributed by atoms with Crippen molar-refractivity contribution in [2.75, 3.05) is 18.4 Å². The first-order valence-electron chi connectivity index (χ1n) is 7.64. The molecule has 2 heteroatoms. The van der Waals surface area contributed by atoms with Crippen LogP contribution in [0.4, 0.5) is 5.69 Å². The van der Waals surface area contributed by atoms with Gasteiger partial charge >= 0.3 is 0 Å². The zero-order valence-electron chi connectivity index (χ0n) is 12.9. The fourth-order valence-electron chi connectivity index (χ4n) is 2.97. The van der Waals surface area contributed by atoms with Gasteiger partial charge in [0.1, 0.15) is 0 Å².